The summed E-state index contributed by atoms with van der Waals surface area (Å²) in [4.78, 5) is 27.9. The number of hydrogen-bond acceptors (Lipinski definition) is 6. The Morgan fingerprint density at radius 3 is 2.68 bits per heavy atom. The molecule has 0 saturated heterocycles. The molecule has 136 valence electrons. The number of aromatic nitrogens is 5. The molecule has 0 aliphatic carbocycles. The fourth-order valence-electron chi connectivity index (χ4n) is 3.11. The molecule has 28 heavy (non-hydrogen) atoms. The molecule has 0 aliphatic rings. The Labute approximate surface area is 162 Å². The van der Waals surface area contributed by atoms with E-state index < -0.39 is 0 Å². The summed E-state index contributed by atoms with van der Waals surface area (Å²) in [6, 6.07) is 11.5. The predicted octanol–water partition coefficient (Wildman–Crippen LogP) is 3.42. The molecule has 0 fully saturated rings. The van der Waals surface area contributed by atoms with E-state index in [4.69, 9.17) is 9.97 Å². The van der Waals surface area contributed by atoms with Gasteiger partial charge in [-0.05, 0) is 23.6 Å². The number of rotatable bonds is 4. The van der Waals surface area contributed by atoms with Gasteiger partial charge in [-0.2, -0.15) is 9.78 Å². The number of thiophene rings is 1. The van der Waals surface area contributed by atoms with Crippen LogP contribution < -0.4 is 5.56 Å². The third-order valence-corrected chi connectivity index (χ3v) is 5.18. The van der Waals surface area contributed by atoms with E-state index in [0.717, 1.165) is 15.9 Å². The van der Waals surface area contributed by atoms with Gasteiger partial charge in [0, 0.05) is 11.4 Å². The van der Waals surface area contributed by atoms with Crippen LogP contribution in [0.5, 0.6) is 0 Å². The summed E-state index contributed by atoms with van der Waals surface area (Å²) in [6.45, 7) is 4.07. The van der Waals surface area contributed by atoms with Crippen molar-refractivity contribution in [2.75, 3.05) is 0 Å². The van der Waals surface area contributed by atoms with E-state index in [-0.39, 0.29) is 5.56 Å². The first-order valence-electron chi connectivity index (χ1n) is 8.61. The van der Waals surface area contributed by atoms with Crippen LogP contribution in [0.25, 0.3) is 33.2 Å². The maximum atomic E-state index is 13.1. The summed E-state index contributed by atoms with van der Waals surface area (Å²) in [5.74, 6) is 0. The lowest BCUT2D eigenvalue weighted by atomic mass is 10.3. The van der Waals surface area contributed by atoms with Crippen molar-refractivity contribution in [3.63, 3.8) is 0 Å². The molecule has 0 spiro atoms. The fraction of sp³-hybridized carbons (Fsp3) is 0.0500. The molecular weight excluding hydrogens is 372 g/mol. The lowest BCUT2D eigenvalue weighted by Gasteiger charge is -2.01. The first-order chi connectivity index (χ1) is 13.8. The fourth-order valence-corrected chi connectivity index (χ4v) is 3.69. The standard InChI is InChI=1S/C20H14N6OS/c1-2-9-25-12-21-18-16(20(25)27)17-19(24-15-8-4-3-7-14(15)23-17)26(18)22-11-13-6-5-10-28-13/h2-8,10-12H,1,9H2/b22-11-. The van der Waals surface area contributed by atoms with Crippen LogP contribution in [0.15, 0.2) is 70.7 Å². The normalized spacial score (nSPS) is 11.9. The zero-order valence-electron chi connectivity index (χ0n) is 14.7. The largest absolute Gasteiger partial charge is 0.295 e. The zero-order chi connectivity index (χ0) is 19.1. The van der Waals surface area contributed by atoms with Crippen LogP contribution in [-0.2, 0) is 6.54 Å². The maximum absolute atomic E-state index is 13.1. The second-order valence-electron chi connectivity index (χ2n) is 6.15. The molecule has 1 aromatic carbocycles. The minimum atomic E-state index is -0.190. The molecule has 7 nitrogen and oxygen atoms in total. The van der Waals surface area contributed by atoms with Gasteiger partial charge in [0.2, 0.25) is 0 Å². The van der Waals surface area contributed by atoms with Crippen molar-refractivity contribution in [3.05, 3.63) is 76.0 Å². The smallest absolute Gasteiger partial charge is 0.265 e. The third kappa shape index (κ3) is 2.54. The van der Waals surface area contributed by atoms with Crippen LogP contribution in [-0.4, -0.2) is 30.4 Å². The zero-order valence-corrected chi connectivity index (χ0v) is 15.5. The molecule has 5 rings (SSSR count). The Hall–Kier alpha value is -3.65. The lowest BCUT2D eigenvalue weighted by Crippen LogP contribution is -2.19. The lowest BCUT2D eigenvalue weighted by molar-refractivity contribution is 0.763. The number of benzene rings is 1. The summed E-state index contributed by atoms with van der Waals surface area (Å²) in [7, 11) is 0. The van der Waals surface area contributed by atoms with E-state index in [2.05, 4.69) is 16.7 Å². The van der Waals surface area contributed by atoms with Gasteiger partial charge in [0.25, 0.3) is 5.56 Å². The van der Waals surface area contributed by atoms with Gasteiger partial charge in [0.15, 0.2) is 11.3 Å². The van der Waals surface area contributed by atoms with E-state index in [1.807, 2.05) is 41.8 Å². The molecule has 0 N–H and O–H groups in total. The van der Waals surface area contributed by atoms with E-state index in [9.17, 15) is 4.79 Å². The highest BCUT2D eigenvalue weighted by molar-refractivity contribution is 7.11. The van der Waals surface area contributed by atoms with Gasteiger partial charge in [-0.1, -0.05) is 24.3 Å². The summed E-state index contributed by atoms with van der Waals surface area (Å²) in [5.41, 5.74) is 2.69. The van der Waals surface area contributed by atoms with Crippen LogP contribution in [0.1, 0.15) is 4.88 Å². The highest BCUT2D eigenvalue weighted by atomic mass is 32.1. The van der Waals surface area contributed by atoms with Crippen molar-refractivity contribution in [1.29, 1.82) is 0 Å². The van der Waals surface area contributed by atoms with Crippen LogP contribution >= 0.6 is 11.3 Å². The topological polar surface area (TPSA) is 78.0 Å². The van der Waals surface area contributed by atoms with Crippen LogP contribution in [0, 0.1) is 0 Å². The van der Waals surface area contributed by atoms with Crippen molar-refractivity contribution < 1.29 is 0 Å². The van der Waals surface area contributed by atoms with Crippen molar-refractivity contribution in [1.82, 2.24) is 24.2 Å². The van der Waals surface area contributed by atoms with Gasteiger partial charge < -0.3 is 0 Å². The molecule has 0 bridgehead atoms. The highest BCUT2D eigenvalue weighted by Crippen LogP contribution is 2.24. The Balaban J connectivity index is 1.90. The number of para-hydroxylation sites is 2. The molecule has 0 amide bonds. The van der Waals surface area contributed by atoms with Gasteiger partial charge in [-0.3, -0.25) is 9.36 Å². The van der Waals surface area contributed by atoms with Crippen LogP contribution in [0.2, 0.25) is 0 Å². The molecule has 0 aliphatic heterocycles. The quantitative estimate of drug-likeness (QED) is 0.350. The molecule has 8 heteroatoms. The Morgan fingerprint density at radius 2 is 1.93 bits per heavy atom. The average molecular weight is 386 g/mol. The Kier molecular flexibility index (Phi) is 3.84. The molecule has 0 atom stereocenters. The SMILES string of the molecule is C=CCn1cnc2c(c1=O)c1nc3ccccc3nc1n2/N=C\c1cccs1. The summed E-state index contributed by atoms with van der Waals surface area (Å²) < 4.78 is 3.09. The minimum Gasteiger partial charge on any atom is -0.295 e. The molecular formula is C20H14N6OS. The molecule has 5 aromatic rings. The Morgan fingerprint density at radius 1 is 1.11 bits per heavy atom. The second-order valence-corrected chi connectivity index (χ2v) is 7.12. The second kappa shape index (κ2) is 6.50. The molecule has 0 unspecified atom stereocenters. The van der Waals surface area contributed by atoms with Crippen molar-refractivity contribution in [2.24, 2.45) is 5.10 Å². The van der Waals surface area contributed by atoms with Gasteiger partial charge in [0.05, 0.1) is 17.2 Å². The van der Waals surface area contributed by atoms with E-state index >= 15 is 0 Å². The first kappa shape index (κ1) is 16.5. The highest BCUT2D eigenvalue weighted by Gasteiger charge is 2.19. The van der Waals surface area contributed by atoms with Gasteiger partial charge in [0.1, 0.15) is 17.2 Å². The number of nitrogens with zero attached hydrogens (tertiary/aromatic N) is 6. The van der Waals surface area contributed by atoms with Crippen LogP contribution in [0.3, 0.4) is 0 Å². The molecule has 4 aromatic heterocycles. The molecule has 0 saturated carbocycles. The average Bonchev–Trinajstić information content (AvgIpc) is 3.33. The minimum absolute atomic E-state index is 0.190. The summed E-state index contributed by atoms with van der Waals surface area (Å²) in [5, 5.41) is 6.94. The van der Waals surface area contributed by atoms with E-state index in [0.29, 0.717) is 28.7 Å². The van der Waals surface area contributed by atoms with Crippen LogP contribution in [0.4, 0.5) is 0 Å². The van der Waals surface area contributed by atoms with Crippen molar-refractivity contribution >= 4 is 50.8 Å². The number of fused-ring (bicyclic) bond motifs is 4. The van der Waals surface area contributed by atoms with Gasteiger partial charge >= 0.3 is 0 Å². The number of hydrogen-bond donors (Lipinski definition) is 0. The van der Waals surface area contributed by atoms with Gasteiger partial charge in [-0.15, -0.1) is 17.9 Å². The van der Waals surface area contributed by atoms with Crippen molar-refractivity contribution in [2.45, 2.75) is 6.54 Å². The van der Waals surface area contributed by atoms with Crippen molar-refractivity contribution in [3.8, 4) is 0 Å². The monoisotopic (exact) mass is 386 g/mol. The molecule has 0 radical (unpaired) electrons. The van der Waals surface area contributed by atoms with E-state index in [1.165, 1.54) is 10.9 Å². The predicted molar refractivity (Wildman–Crippen MR) is 112 cm³/mol. The first-order valence-corrected chi connectivity index (χ1v) is 9.49. The molecule has 4 heterocycles. The summed E-state index contributed by atoms with van der Waals surface area (Å²) in [6.07, 6.45) is 4.89. The van der Waals surface area contributed by atoms with E-state index in [1.54, 1.807) is 28.3 Å². The maximum Gasteiger partial charge on any atom is 0.265 e. The Bertz CT molecular complexity index is 1430. The van der Waals surface area contributed by atoms with Gasteiger partial charge in [-0.25, -0.2) is 15.0 Å². The summed E-state index contributed by atoms with van der Waals surface area (Å²) >= 11 is 1.57. The number of allylic oxidation sites excluding steroid dienone is 1. The third-order valence-electron chi connectivity index (χ3n) is 4.38.